The molecule has 102 valence electrons. The Labute approximate surface area is 133 Å². The van der Waals surface area contributed by atoms with Gasteiger partial charge in [0.25, 0.3) is 0 Å². The quantitative estimate of drug-likeness (QED) is 0.656. The molecule has 3 aromatic rings. The summed E-state index contributed by atoms with van der Waals surface area (Å²) in [4.78, 5) is 8.46. The van der Waals surface area contributed by atoms with E-state index in [1.54, 1.807) is 23.2 Å². The van der Waals surface area contributed by atoms with Gasteiger partial charge in [0, 0.05) is 10.6 Å². The number of imidazole rings is 1. The summed E-state index contributed by atoms with van der Waals surface area (Å²) < 4.78 is 16.4. The Kier molecular flexibility index (Phi) is 3.51. The fourth-order valence-electron chi connectivity index (χ4n) is 1.86. The topological polar surface area (TPSA) is 42.7 Å². The molecule has 4 nitrogen and oxygen atoms in total. The van der Waals surface area contributed by atoms with Crippen LogP contribution in [0.1, 0.15) is 0 Å². The second kappa shape index (κ2) is 5.17. The molecule has 0 atom stereocenters. The molecule has 0 spiro atoms. The molecule has 0 saturated carbocycles. The summed E-state index contributed by atoms with van der Waals surface area (Å²) in [6.45, 7) is 0. The summed E-state index contributed by atoms with van der Waals surface area (Å²) >= 11 is 8.34. The molecule has 0 amide bonds. The van der Waals surface area contributed by atoms with E-state index in [1.807, 2.05) is 13.1 Å². The first-order valence-electron chi connectivity index (χ1n) is 5.74. The first-order chi connectivity index (χ1) is 9.56. The number of benzene rings is 1. The number of pyridine rings is 1. The molecular formula is C13H9ClFIN4. The van der Waals surface area contributed by atoms with Crippen molar-refractivity contribution in [3.63, 3.8) is 0 Å². The van der Waals surface area contributed by atoms with E-state index in [2.05, 4.69) is 37.9 Å². The summed E-state index contributed by atoms with van der Waals surface area (Å²) in [6.07, 6.45) is 3.21. The van der Waals surface area contributed by atoms with Gasteiger partial charge < -0.3 is 9.88 Å². The van der Waals surface area contributed by atoms with Crippen LogP contribution in [0.2, 0.25) is 5.02 Å². The van der Waals surface area contributed by atoms with Crippen LogP contribution >= 0.6 is 34.2 Å². The molecule has 0 aliphatic carbocycles. The lowest BCUT2D eigenvalue weighted by Crippen LogP contribution is -1.97. The third kappa shape index (κ3) is 2.33. The van der Waals surface area contributed by atoms with Crippen LogP contribution < -0.4 is 5.32 Å². The van der Waals surface area contributed by atoms with Gasteiger partial charge in [0.2, 0.25) is 0 Å². The molecule has 0 fully saturated rings. The van der Waals surface area contributed by atoms with Crippen LogP contribution in [0, 0.1) is 9.39 Å². The summed E-state index contributed by atoms with van der Waals surface area (Å²) in [5, 5.41) is 3.37. The summed E-state index contributed by atoms with van der Waals surface area (Å²) in [5.74, 6) is -0.339. The normalized spacial score (nSPS) is 11.0. The summed E-state index contributed by atoms with van der Waals surface area (Å²) in [5.41, 5.74) is 2.15. The van der Waals surface area contributed by atoms with Gasteiger partial charge in [-0.3, -0.25) is 0 Å². The minimum absolute atomic E-state index is 0.339. The summed E-state index contributed by atoms with van der Waals surface area (Å²) in [6, 6.07) is 4.92. The maximum Gasteiger partial charge on any atom is 0.161 e. The van der Waals surface area contributed by atoms with Crippen LogP contribution in [0.5, 0.6) is 0 Å². The molecule has 1 N–H and O–H groups in total. The number of rotatable bonds is 2. The van der Waals surface area contributed by atoms with E-state index in [1.165, 1.54) is 6.07 Å². The average Bonchev–Trinajstić information content (AvgIpc) is 2.78. The highest BCUT2D eigenvalue weighted by atomic mass is 127. The van der Waals surface area contributed by atoms with Gasteiger partial charge in [-0.2, -0.15) is 0 Å². The van der Waals surface area contributed by atoms with E-state index >= 15 is 0 Å². The lowest BCUT2D eigenvalue weighted by atomic mass is 10.3. The molecule has 20 heavy (non-hydrogen) atoms. The molecule has 1 aromatic carbocycles. The van der Waals surface area contributed by atoms with E-state index < -0.39 is 0 Å². The highest BCUT2D eigenvalue weighted by molar-refractivity contribution is 14.1. The van der Waals surface area contributed by atoms with Crippen molar-refractivity contribution in [3.05, 3.63) is 45.1 Å². The second-order valence-corrected chi connectivity index (χ2v) is 5.89. The molecule has 2 heterocycles. The van der Waals surface area contributed by atoms with Crippen LogP contribution in [-0.2, 0) is 7.05 Å². The van der Waals surface area contributed by atoms with Gasteiger partial charge in [-0.15, -0.1) is 0 Å². The molecule has 2 aromatic heterocycles. The van der Waals surface area contributed by atoms with Gasteiger partial charge in [-0.25, -0.2) is 14.4 Å². The van der Waals surface area contributed by atoms with Gasteiger partial charge in [0.05, 0.1) is 28.9 Å². The Bertz CT molecular complexity index is 802. The van der Waals surface area contributed by atoms with Crippen LogP contribution in [0.25, 0.3) is 11.2 Å². The zero-order valence-electron chi connectivity index (χ0n) is 10.4. The summed E-state index contributed by atoms with van der Waals surface area (Å²) in [7, 11) is 1.84. The smallest absolute Gasteiger partial charge is 0.161 e. The Morgan fingerprint density at radius 3 is 2.85 bits per heavy atom. The van der Waals surface area contributed by atoms with Crippen LogP contribution in [0.4, 0.5) is 15.8 Å². The number of nitrogens with zero attached hydrogens (tertiary/aromatic N) is 3. The maximum absolute atomic E-state index is 13.8. The Hall–Kier alpha value is -1.41. The van der Waals surface area contributed by atoms with Gasteiger partial charge in [-0.05, 0) is 40.8 Å². The third-order valence-corrected chi connectivity index (χ3v) is 3.92. The number of aromatic nitrogens is 3. The number of aryl methyl sites for hydroxylation is 1. The van der Waals surface area contributed by atoms with Crippen molar-refractivity contribution in [2.24, 2.45) is 7.05 Å². The number of nitrogens with one attached hydrogen (secondary N) is 1. The molecule has 0 bridgehead atoms. The van der Waals surface area contributed by atoms with E-state index in [4.69, 9.17) is 11.6 Å². The van der Waals surface area contributed by atoms with E-state index in [0.29, 0.717) is 27.6 Å². The lowest BCUT2D eigenvalue weighted by Gasteiger charge is -2.09. The number of fused-ring (bicyclic) bond motifs is 1. The number of anilines is 2. The Morgan fingerprint density at radius 1 is 1.30 bits per heavy atom. The lowest BCUT2D eigenvalue weighted by molar-refractivity contribution is 0.631. The van der Waals surface area contributed by atoms with Crippen molar-refractivity contribution in [1.29, 1.82) is 0 Å². The van der Waals surface area contributed by atoms with Gasteiger partial charge >= 0.3 is 0 Å². The van der Waals surface area contributed by atoms with E-state index in [-0.39, 0.29) is 5.82 Å². The van der Waals surface area contributed by atoms with Crippen LogP contribution in [0.15, 0.2) is 30.7 Å². The van der Waals surface area contributed by atoms with Crippen molar-refractivity contribution >= 4 is 56.7 Å². The number of halogens is 3. The highest BCUT2D eigenvalue weighted by Gasteiger charge is 2.12. The standard InChI is InChI=1S/C13H9ClFIN4/c1-20-6-18-12-11(14)10(5-17-13(12)20)19-9-3-2-7(16)4-8(9)15/h2-6,19H,1H3. The molecule has 0 aliphatic heterocycles. The van der Waals surface area contributed by atoms with Crippen molar-refractivity contribution in [2.45, 2.75) is 0 Å². The van der Waals surface area contributed by atoms with Gasteiger partial charge in [0.15, 0.2) is 5.65 Å². The van der Waals surface area contributed by atoms with Crippen molar-refractivity contribution in [3.8, 4) is 0 Å². The molecular weight excluding hydrogens is 394 g/mol. The molecule has 0 saturated heterocycles. The zero-order chi connectivity index (χ0) is 14.3. The number of hydrogen-bond acceptors (Lipinski definition) is 3. The monoisotopic (exact) mass is 402 g/mol. The Balaban J connectivity index is 2.04. The Morgan fingerprint density at radius 2 is 2.10 bits per heavy atom. The first-order valence-corrected chi connectivity index (χ1v) is 7.19. The van der Waals surface area contributed by atoms with Crippen LogP contribution in [0.3, 0.4) is 0 Å². The first kappa shape index (κ1) is 13.6. The largest absolute Gasteiger partial charge is 0.351 e. The van der Waals surface area contributed by atoms with Crippen LogP contribution in [-0.4, -0.2) is 14.5 Å². The molecule has 7 heteroatoms. The highest BCUT2D eigenvalue weighted by Crippen LogP contribution is 2.31. The van der Waals surface area contributed by atoms with Crippen molar-refractivity contribution < 1.29 is 4.39 Å². The second-order valence-electron chi connectivity index (χ2n) is 4.26. The number of hydrogen-bond donors (Lipinski definition) is 1. The average molecular weight is 403 g/mol. The maximum atomic E-state index is 13.8. The predicted molar refractivity (Wildman–Crippen MR) is 85.9 cm³/mol. The molecule has 3 rings (SSSR count). The fraction of sp³-hybridized carbons (Fsp3) is 0.0769. The van der Waals surface area contributed by atoms with Gasteiger partial charge in [0.1, 0.15) is 11.3 Å². The predicted octanol–water partition coefficient (Wildman–Crippen LogP) is 4.11. The molecule has 0 radical (unpaired) electrons. The van der Waals surface area contributed by atoms with Gasteiger partial charge in [-0.1, -0.05) is 11.6 Å². The van der Waals surface area contributed by atoms with Crippen molar-refractivity contribution in [1.82, 2.24) is 14.5 Å². The third-order valence-electron chi connectivity index (χ3n) is 2.87. The SMILES string of the molecule is Cn1cnc2c(Cl)c(Nc3ccc(I)cc3F)cnc21. The fourth-order valence-corrected chi connectivity index (χ4v) is 2.55. The zero-order valence-corrected chi connectivity index (χ0v) is 13.3. The minimum atomic E-state index is -0.339. The minimum Gasteiger partial charge on any atom is -0.351 e. The van der Waals surface area contributed by atoms with Crippen molar-refractivity contribution in [2.75, 3.05) is 5.32 Å². The van der Waals surface area contributed by atoms with E-state index in [0.717, 1.165) is 3.57 Å². The molecule has 0 aliphatic rings. The van der Waals surface area contributed by atoms with E-state index in [9.17, 15) is 4.39 Å². The molecule has 0 unspecified atom stereocenters.